The van der Waals surface area contributed by atoms with E-state index in [1.807, 2.05) is 30.3 Å². The van der Waals surface area contributed by atoms with Crippen LogP contribution in [0.3, 0.4) is 0 Å². The van der Waals surface area contributed by atoms with Crippen molar-refractivity contribution in [2.24, 2.45) is 0 Å². The van der Waals surface area contributed by atoms with Crippen molar-refractivity contribution >= 4 is 20.0 Å². The van der Waals surface area contributed by atoms with Crippen molar-refractivity contribution in [2.75, 3.05) is 19.8 Å². The van der Waals surface area contributed by atoms with Crippen LogP contribution < -0.4 is 4.72 Å². The zero-order valence-corrected chi connectivity index (χ0v) is 17.7. The minimum Gasteiger partial charge on any atom is -0.285 e. The Bertz CT molecular complexity index is 1050. The SMILES string of the molecule is O=S(=O)(NC1CC1)c1ccc(S(=O)(=O)N2CCCN(Cc3ccccc3)C2)cc1. The van der Waals surface area contributed by atoms with Crippen molar-refractivity contribution in [1.82, 2.24) is 13.9 Å². The maximum absolute atomic E-state index is 13.1. The Morgan fingerprint density at radius 2 is 1.52 bits per heavy atom. The first kappa shape index (κ1) is 20.5. The van der Waals surface area contributed by atoms with Crippen molar-refractivity contribution in [3.05, 3.63) is 60.2 Å². The molecule has 1 saturated heterocycles. The van der Waals surface area contributed by atoms with E-state index in [0.717, 1.165) is 31.4 Å². The Balaban J connectivity index is 1.47. The van der Waals surface area contributed by atoms with Crippen molar-refractivity contribution in [3.63, 3.8) is 0 Å². The molecule has 1 heterocycles. The molecule has 29 heavy (non-hydrogen) atoms. The highest BCUT2D eigenvalue weighted by atomic mass is 32.2. The summed E-state index contributed by atoms with van der Waals surface area (Å²) in [6.07, 6.45) is 2.45. The lowest BCUT2D eigenvalue weighted by atomic mass is 10.2. The molecule has 1 N–H and O–H groups in total. The highest BCUT2D eigenvalue weighted by molar-refractivity contribution is 7.89. The number of rotatable bonds is 7. The summed E-state index contributed by atoms with van der Waals surface area (Å²) in [6, 6.07) is 15.5. The van der Waals surface area contributed by atoms with Crippen LogP contribution in [0.1, 0.15) is 24.8 Å². The molecule has 2 fully saturated rings. The molecule has 0 amide bonds. The van der Waals surface area contributed by atoms with E-state index < -0.39 is 20.0 Å². The Hall–Kier alpha value is -1.78. The van der Waals surface area contributed by atoms with Crippen LogP contribution in [0.25, 0.3) is 0 Å². The smallest absolute Gasteiger partial charge is 0.244 e. The number of sulfonamides is 2. The summed E-state index contributed by atoms with van der Waals surface area (Å²) >= 11 is 0. The minimum atomic E-state index is -3.68. The molecule has 7 nitrogen and oxygen atoms in total. The van der Waals surface area contributed by atoms with Crippen LogP contribution in [0.15, 0.2) is 64.4 Å². The van der Waals surface area contributed by atoms with Crippen molar-refractivity contribution < 1.29 is 16.8 Å². The summed E-state index contributed by atoms with van der Waals surface area (Å²) in [5.74, 6) is 0. The van der Waals surface area contributed by atoms with Crippen LogP contribution in [-0.4, -0.2) is 51.8 Å². The first-order chi connectivity index (χ1) is 13.8. The van der Waals surface area contributed by atoms with Crippen LogP contribution in [-0.2, 0) is 26.6 Å². The van der Waals surface area contributed by atoms with E-state index in [2.05, 4.69) is 9.62 Å². The largest absolute Gasteiger partial charge is 0.285 e. The number of hydrogen-bond donors (Lipinski definition) is 1. The molecular weight excluding hydrogens is 410 g/mol. The molecule has 2 aromatic rings. The van der Waals surface area contributed by atoms with Gasteiger partial charge in [0.1, 0.15) is 0 Å². The van der Waals surface area contributed by atoms with E-state index in [1.54, 1.807) is 0 Å². The van der Waals surface area contributed by atoms with Crippen molar-refractivity contribution in [2.45, 2.75) is 41.6 Å². The first-order valence-corrected chi connectivity index (χ1v) is 12.7. The monoisotopic (exact) mass is 435 g/mol. The summed E-state index contributed by atoms with van der Waals surface area (Å²) in [4.78, 5) is 2.31. The van der Waals surface area contributed by atoms with E-state index in [-0.39, 0.29) is 15.8 Å². The summed E-state index contributed by atoms with van der Waals surface area (Å²) < 4.78 is 54.8. The van der Waals surface area contributed by atoms with E-state index in [0.29, 0.717) is 19.8 Å². The molecule has 0 atom stereocenters. The summed E-state index contributed by atoms with van der Waals surface area (Å²) in [7, 11) is -7.28. The van der Waals surface area contributed by atoms with Gasteiger partial charge in [-0.25, -0.2) is 21.6 Å². The molecule has 2 aromatic carbocycles. The van der Waals surface area contributed by atoms with Gasteiger partial charge in [0, 0.05) is 25.7 Å². The van der Waals surface area contributed by atoms with Gasteiger partial charge in [-0.3, -0.25) is 4.90 Å². The molecule has 1 aliphatic carbocycles. The fourth-order valence-electron chi connectivity index (χ4n) is 3.43. The molecule has 2 aliphatic rings. The van der Waals surface area contributed by atoms with Crippen molar-refractivity contribution in [1.29, 1.82) is 0 Å². The fourth-order valence-corrected chi connectivity index (χ4v) is 6.20. The second kappa shape index (κ2) is 8.16. The molecular formula is C20H25N3O4S2. The molecule has 0 spiro atoms. The number of nitrogens with zero attached hydrogens (tertiary/aromatic N) is 2. The lowest BCUT2D eigenvalue weighted by Crippen LogP contribution is -2.46. The molecule has 4 rings (SSSR count). The van der Waals surface area contributed by atoms with Gasteiger partial charge in [-0.1, -0.05) is 30.3 Å². The normalized spacial score (nSPS) is 19.3. The van der Waals surface area contributed by atoms with Crippen molar-refractivity contribution in [3.8, 4) is 0 Å². The van der Waals surface area contributed by atoms with Gasteiger partial charge in [0.15, 0.2) is 0 Å². The van der Waals surface area contributed by atoms with E-state index in [1.165, 1.54) is 28.6 Å². The average molecular weight is 436 g/mol. The molecule has 0 aromatic heterocycles. The highest BCUT2D eigenvalue weighted by Crippen LogP contribution is 2.24. The van der Waals surface area contributed by atoms with Gasteiger partial charge >= 0.3 is 0 Å². The van der Waals surface area contributed by atoms with Gasteiger partial charge in [-0.15, -0.1) is 0 Å². The first-order valence-electron chi connectivity index (χ1n) is 9.73. The number of benzene rings is 2. The van der Waals surface area contributed by atoms with Gasteiger partial charge in [-0.2, -0.15) is 4.31 Å². The summed E-state index contributed by atoms with van der Waals surface area (Å²) in [5.41, 5.74) is 1.14. The molecule has 156 valence electrons. The topological polar surface area (TPSA) is 86.8 Å². The van der Waals surface area contributed by atoms with Gasteiger partial charge in [0.05, 0.1) is 16.5 Å². The summed E-state index contributed by atoms with van der Waals surface area (Å²) in [6.45, 7) is 2.30. The lowest BCUT2D eigenvalue weighted by molar-refractivity contribution is 0.140. The van der Waals surface area contributed by atoms with Gasteiger partial charge in [0.25, 0.3) is 0 Å². The maximum atomic E-state index is 13.1. The number of hydrogen-bond acceptors (Lipinski definition) is 5. The predicted octanol–water partition coefficient (Wildman–Crippen LogP) is 1.98. The Labute approximate surface area is 172 Å². The quantitative estimate of drug-likeness (QED) is 0.719. The fraction of sp³-hybridized carbons (Fsp3) is 0.400. The zero-order valence-electron chi connectivity index (χ0n) is 16.1. The lowest BCUT2D eigenvalue weighted by Gasteiger charge is -2.34. The van der Waals surface area contributed by atoms with Gasteiger partial charge in [-0.05, 0) is 49.1 Å². The zero-order chi connectivity index (χ0) is 20.5. The highest BCUT2D eigenvalue weighted by Gasteiger charge is 2.31. The molecule has 0 bridgehead atoms. The number of nitrogens with one attached hydrogen (secondary N) is 1. The third kappa shape index (κ3) is 4.87. The molecule has 1 aliphatic heterocycles. The molecule has 1 saturated carbocycles. The Morgan fingerprint density at radius 3 is 2.17 bits per heavy atom. The van der Waals surface area contributed by atoms with E-state index in [4.69, 9.17) is 0 Å². The van der Waals surface area contributed by atoms with Crippen LogP contribution in [0.5, 0.6) is 0 Å². The van der Waals surface area contributed by atoms with Crippen LogP contribution in [0.4, 0.5) is 0 Å². The van der Waals surface area contributed by atoms with Crippen LogP contribution in [0, 0.1) is 0 Å². The minimum absolute atomic E-state index is 0.00681. The molecule has 0 radical (unpaired) electrons. The molecule has 9 heteroatoms. The van der Waals surface area contributed by atoms with E-state index in [9.17, 15) is 16.8 Å². The maximum Gasteiger partial charge on any atom is 0.244 e. The molecule has 0 unspecified atom stereocenters. The Morgan fingerprint density at radius 1 is 0.862 bits per heavy atom. The standard InChI is InChI=1S/C20H25N3O4S2/c24-28(25,21-18-7-8-18)19-9-11-20(12-10-19)29(26,27)23-14-4-13-22(16-23)15-17-5-2-1-3-6-17/h1-3,5-6,9-12,18,21H,4,7-8,13-16H2. The van der Waals surface area contributed by atoms with Crippen LogP contribution >= 0.6 is 0 Å². The predicted molar refractivity (Wildman–Crippen MR) is 110 cm³/mol. The Kier molecular flexibility index (Phi) is 5.76. The third-order valence-corrected chi connectivity index (χ3v) is 8.54. The summed E-state index contributed by atoms with van der Waals surface area (Å²) in [5, 5.41) is 0. The second-order valence-electron chi connectivity index (χ2n) is 7.58. The van der Waals surface area contributed by atoms with Gasteiger partial charge < -0.3 is 0 Å². The average Bonchev–Trinajstić information content (AvgIpc) is 3.52. The van der Waals surface area contributed by atoms with Gasteiger partial charge in [0.2, 0.25) is 20.0 Å². The third-order valence-electron chi connectivity index (χ3n) is 5.16. The second-order valence-corrected chi connectivity index (χ2v) is 11.2. The van der Waals surface area contributed by atoms with E-state index >= 15 is 0 Å². The van der Waals surface area contributed by atoms with Crippen LogP contribution in [0.2, 0.25) is 0 Å².